The van der Waals surface area contributed by atoms with Gasteiger partial charge in [-0.05, 0) is 53.8 Å². The Kier molecular flexibility index (Phi) is 7.87. The molecule has 1 N–H and O–H groups in total. The van der Waals surface area contributed by atoms with Gasteiger partial charge in [-0.15, -0.1) is 0 Å². The molecule has 3 rings (SSSR count). The van der Waals surface area contributed by atoms with E-state index in [1.54, 1.807) is 13.0 Å². The zero-order valence-electron chi connectivity index (χ0n) is 19.0. The normalized spacial score (nSPS) is 12.2. The molecule has 0 aliphatic heterocycles. The number of carbonyl (C=O) groups excluding carboxylic acids is 1. The highest BCUT2D eigenvalue weighted by Crippen LogP contribution is 2.27. The summed E-state index contributed by atoms with van der Waals surface area (Å²) in [6, 6.07) is 19.9. The Labute approximate surface area is 194 Å². The Morgan fingerprint density at radius 2 is 1.79 bits per heavy atom. The van der Waals surface area contributed by atoms with Crippen LogP contribution in [0.4, 0.5) is 10.1 Å². The molecule has 174 valence electrons. The molecule has 0 spiro atoms. The number of benzene rings is 3. The minimum absolute atomic E-state index is 0.0344. The topological polar surface area (TPSA) is 72.5 Å². The van der Waals surface area contributed by atoms with E-state index in [1.807, 2.05) is 55.5 Å². The molecule has 0 aromatic heterocycles. The van der Waals surface area contributed by atoms with Crippen LogP contribution in [0.1, 0.15) is 41.5 Å². The van der Waals surface area contributed by atoms with Crippen molar-refractivity contribution in [2.45, 2.75) is 39.2 Å². The van der Waals surface area contributed by atoms with E-state index in [0.29, 0.717) is 18.6 Å². The zero-order valence-corrected chi connectivity index (χ0v) is 19.8. The summed E-state index contributed by atoms with van der Waals surface area (Å²) in [6.07, 6.45) is 1.73. The van der Waals surface area contributed by atoms with Crippen molar-refractivity contribution in [2.75, 3.05) is 11.0 Å². The maximum Gasteiger partial charge on any atom is 0.229 e. The molecule has 0 saturated carbocycles. The van der Waals surface area contributed by atoms with Crippen molar-refractivity contribution in [3.63, 3.8) is 0 Å². The lowest BCUT2D eigenvalue weighted by Crippen LogP contribution is -2.13. The highest BCUT2D eigenvalue weighted by Gasteiger charge is 2.18. The van der Waals surface area contributed by atoms with Crippen molar-refractivity contribution in [1.29, 1.82) is 0 Å². The first-order valence-corrected chi connectivity index (χ1v) is 12.6. The van der Waals surface area contributed by atoms with E-state index < -0.39 is 21.8 Å². The fourth-order valence-corrected chi connectivity index (χ4v) is 4.05. The number of nitrogens with one attached hydrogen (secondary N) is 1. The summed E-state index contributed by atoms with van der Waals surface area (Å²) < 4.78 is 45.1. The molecule has 0 saturated heterocycles. The van der Waals surface area contributed by atoms with Gasteiger partial charge >= 0.3 is 0 Å². The van der Waals surface area contributed by atoms with Crippen LogP contribution in [0.3, 0.4) is 0 Å². The van der Waals surface area contributed by atoms with Crippen LogP contribution in [0.5, 0.6) is 5.75 Å². The van der Waals surface area contributed by atoms with Gasteiger partial charge in [0.2, 0.25) is 10.0 Å². The summed E-state index contributed by atoms with van der Waals surface area (Å²) in [5.74, 6) is -0.520. The van der Waals surface area contributed by atoms with Gasteiger partial charge < -0.3 is 4.74 Å². The van der Waals surface area contributed by atoms with Gasteiger partial charge in [0.15, 0.2) is 0 Å². The summed E-state index contributed by atoms with van der Waals surface area (Å²) in [5, 5.41) is 0. The zero-order chi connectivity index (χ0) is 24.0. The van der Waals surface area contributed by atoms with Gasteiger partial charge in [-0.25, -0.2) is 12.8 Å². The second-order valence-electron chi connectivity index (χ2n) is 8.19. The lowest BCUT2D eigenvalue weighted by molar-refractivity contribution is -0.120. The minimum atomic E-state index is -3.59. The van der Waals surface area contributed by atoms with E-state index in [4.69, 9.17) is 4.74 Å². The molecular weight excluding hydrogens is 441 g/mol. The first kappa shape index (κ1) is 24.5. The number of ether oxygens (including phenoxy) is 1. The van der Waals surface area contributed by atoms with Crippen LogP contribution in [0.25, 0.3) is 0 Å². The lowest BCUT2D eigenvalue weighted by atomic mass is 9.92. The molecular formula is C26H28FNO4S. The van der Waals surface area contributed by atoms with Crippen molar-refractivity contribution >= 4 is 21.5 Å². The molecule has 0 heterocycles. The van der Waals surface area contributed by atoms with Gasteiger partial charge in [-0.1, -0.05) is 55.5 Å². The standard InChI is InChI=1S/C26H28FNO4S/c1-18-9-10-21(26(15-18)32-17-20-7-5-4-6-8-20)12-14-25(29)19(2)22-11-13-24(23(27)16-22)28-33(3,30)31/h4-11,13,15-16,19,28H,12,14,17H2,1-3H3. The fourth-order valence-electron chi connectivity index (χ4n) is 3.48. The highest BCUT2D eigenvalue weighted by molar-refractivity contribution is 7.92. The highest BCUT2D eigenvalue weighted by atomic mass is 32.2. The number of carbonyl (C=O) groups is 1. The minimum Gasteiger partial charge on any atom is -0.489 e. The molecule has 3 aromatic rings. The second kappa shape index (κ2) is 10.6. The Hall–Kier alpha value is -3.19. The van der Waals surface area contributed by atoms with E-state index in [1.165, 1.54) is 12.1 Å². The average molecular weight is 470 g/mol. The molecule has 0 radical (unpaired) electrons. The predicted octanol–water partition coefficient (Wildman–Crippen LogP) is 5.39. The Morgan fingerprint density at radius 3 is 2.45 bits per heavy atom. The first-order chi connectivity index (χ1) is 15.6. The summed E-state index contributed by atoms with van der Waals surface area (Å²) in [6.45, 7) is 4.15. The van der Waals surface area contributed by atoms with E-state index in [0.717, 1.165) is 28.7 Å². The van der Waals surface area contributed by atoms with Crippen molar-refractivity contribution < 1.29 is 22.3 Å². The Morgan fingerprint density at radius 1 is 1.06 bits per heavy atom. The van der Waals surface area contributed by atoms with E-state index in [2.05, 4.69) is 4.72 Å². The third-order valence-electron chi connectivity index (χ3n) is 5.37. The third-order valence-corrected chi connectivity index (χ3v) is 5.96. The number of aryl methyl sites for hydroxylation is 2. The van der Waals surface area contributed by atoms with Crippen LogP contribution in [0, 0.1) is 12.7 Å². The molecule has 1 unspecified atom stereocenters. The fraction of sp³-hybridized carbons (Fsp3) is 0.269. The maximum atomic E-state index is 14.3. The molecule has 0 aliphatic carbocycles. The van der Waals surface area contributed by atoms with Crippen LogP contribution in [0.15, 0.2) is 66.7 Å². The molecule has 5 nitrogen and oxygen atoms in total. The number of Topliss-reactive ketones (excluding diaryl/α,β-unsaturated/α-hetero) is 1. The van der Waals surface area contributed by atoms with Gasteiger partial charge in [-0.3, -0.25) is 9.52 Å². The maximum absolute atomic E-state index is 14.3. The largest absolute Gasteiger partial charge is 0.489 e. The summed E-state index contributed by atoms with van der Waals surface area (Å²) in [7, 11) is -3.59. The monoisotopic (exact) mass is 469 g/mol. The van der Waals surface area contributed by atoms with Crippen molar-refractivity contribution in [1.82, 2.24) is 0 Å². The smallest absolute Gasteiger partial charge is 0.229 e. The molecule has 3 aromatic carbocycles. The molecule has 1 atom stereocenters. The number of anilines is 1. The van der Waals surface area contributed by atoms with Gasteiger partial charge in [0, 0.05) is 12.3 Å². The molecule has 0 aliphatic rings. The van der Waals surface area contributed by atoms with Gasteiger partial charge in [-0.2, -0.15) is 0 Å². The van der Waals surface area contributed by atoms with Gasteiger partial charge in [0.1, 0.15) is 24.0 Å². The molecule has 33 heavy (non-hydrogen) atoms. The number of sulfonamides is 1. The predicted molar refractivity (Wildman–Crippen MR) is 129 cm³/mol. The number of ketones is 1. The van der Waals surface area contributed by atoms with Crippen molar-refractivity contribution in [3.8, 4) is 5.75 Å². The van der Waals surface area contributed by atoms with Crippen LogP contribution in [0.2, 0.25) is 0 Å². The van der Waals surface area contributed by atoms with Crippen LogP contribution < -0.4 is 9.46 Å². The van der Waals surface area contributed by atoms with Gasteiger partial charge in [0.25, 0.3) is 0 Å². The number of hydrogen-bond acceptors (Lipinski definition) is 4. The number of hydrogen-bond donors (Lipinski definition) is 1. The van der Waals surface area contributed by atoms with Crippen molar-refractivity contribution in [2.24, 2.45) is 0 Å². The number of halogens is 1. The Balaban J connectivity index is 1.66. The number of rotatable bonds is 10. The summed E-state index contributed by atoms with van der Waals surface area (Å²) in [4.78, 5) is 12.8. The lowest BCUT2D eigenvalue weighted by Gasteiger charge is -2.15. The quantitative estimate of drug-likeness (QED) is 0.432. The SMILES string of the molecule is Cc1ccc(CCC(=O)C(C)c2ccc(NS(C)(=O)=O)c(F)c2)c(OCc2ccccc2)c1. The third kappa shape index (κ3) is 7.15. The molecule has 0 fully saturated rings. The summed E-state index contributed by atoms with van der Waals surface area (Å²) in [5.41, 5.74) is 3.43. The van der Waals surface area contributed by atoms with E-state index in [-0.39, 0.29) is 17.9 Å². The van der Waals surface area contributed by atoms with Crippen molar-refractivity contribution in [3.05, 3.63) is 94.8 Å². The molecule has 0 amide bonds. The van der Waals surface area contributed by atoms with Crippen LogP contribution >= 0.6 is 0 Å². The van der Waals surface area contributed by atoms with E-state index >= 15 is 0 Å². The molecule has 7 heteroatoms. The van der Waals surface area contributed by atoms with Crippen LogP contribution in [-0.4, -0.2) is 20.5 Å². The Bertz CT molecular complexity index is 1230. The van der Waals surface area contributed by atoms with Crippen LogP contribution in [-0.2, 0) is 27.8 Å². The molecule has 0 bridgehead atoms. The van der Waals surface area contributed by atoms with Gasteiger partial charge in [0.05, 0.1) is 11.9 Å². The van der Waals surface area contributed by atoms with E-state index in [9.17, 15) is 17.6 Å². The summed E-state index contributed by atoms with van der Waals surface area (Å²) >= 11 is 0. The average Bonchev–Trinajstić information content (AvgIpc) is 2.77. The first-order valence-electron chi connectivity index (χ1n) is 10.7. The second-order valence-corrected chi connectivity index (χ2v) is 9.94.